The van der Waals surface area contributed by atoms with Gasteiger partial charge in [-0.3, -0.25) is 4.99 Å². The first kappa shape index (κ1) is 14.5. The lowest BCUT2D eigenvalue weighted by atomic mass is 9.96. The highest BCUT2D eigenvalue weighted by Crippen LogP contribution is 2.27. The third-order valence-electron chi connectivity index (χ3n) is 3.19. The molecule has 0 aliphatic heterocycles. The van der Waals surface area contributed by atoms with Gasteiger partial charge in [0, 0.05) is 11.1 Å². The van der Waals surface area contributed by atoms with Crippen LogP contribution in [-0.2, 0) is 0 Å². The highest BCUT2D eigenvalue weighted by Gasteiger charge is 2.12. The molecule has 0 radical (unpaired) electrons. The van der Waals surface area contributed by atoms with Crippen LogP contribution in [0, 0.1) is 0 Å². The molecule has 0 bridgehead atoms. The number of halogens is 2. The molecule has 0 amide bonds. The Bertz CT molecular complexity index is 457. The summed E-state index contributed by atoms with van der Waals surface area (Å²) in [6, 6.07) is 5.45. The molecule has 1 fully saturated rings. The van der Waals surface area contributed by atoms with Crippen molar-refractivity contribution >= 4 is 29.0 Å². The number of ether oxygens (including phenoxy) is 1. The lowest BCUT2D eigenvalue weighted by molar-refractivity contribution is 0.372. The predicted molar refractivity (Wildman–Crippen MR) is 80.5 cm³/mol. The molecule has 1 aliphatic carbocycles. The maximum atomic E-state index is 6.01. The van der Waals surface area contributed by atoms with Gasteiger partial charge in [-0.05, 0) is 25.0 Å². The van der Waals surface area contributed by atoms with Crippen LogP contribution in [0.1, 0.15) is 32.1 Å². The molecular formula is C14H18Cl2N2O. The molecular weight excluding hydrogens is 283 g/mol. The molecule has 0 heterocycles. The summed E-state index contributed by atoms with van der Waals surface area (Å²) in [5.41, 5.74) is 5.89. The molecule has 0 spiro atoms. The van der Waals surface area contributed by atoms with E-state index in [1.54, 1.807) is 18.2 Å². The first-order valence-electron chi connectivity index (χ1n) is 6.55. The maximum absolute atomic E-state index is 6.01. The van der Waals surface area contributed by atoms with Gasteiger partial charge in [-0.1, -0.05) is 42.5 Å². The van der Waals surface area contributed by atoms with Crippen molar-refractivity contribution in [2.45, 2.75) is 38.1 Å². The lowest BCUT2D eigenvalue weighted by Gasteiger charge is -2.18. The SMILES string of the molecule is NC(COc1cc(Cl)ccc1Cl)=NC1CCCCC1. The summed E-state index contributed by atoms with van der Waals surface area (Å²) < 4.78 is 5.55. The fourth-order valence-electron chi connectivity index (χ4n) is 2.22. The van der Waals surface area contributed by atoms with Gasteiger partial charge >= 0.3 is 0 Å². The highest BCUT2D eigenvalue weighted by atomic mass is 35.5. The molecule has 1 aromatic carbocycles. The van der Waals surface area contributed by atoms with E-state index in [1.165, 1.54) is 19.3 Å². The van der Waals surface area contributed by atoms with Crippen LogP contribution in [0.2, 0.25) is 10.0 Å². The molecule has 1 aliphatic rings. The van der Waals surface area contributed by atoms with Crippen molar-refractivity contribution in [3.8, 4) is 5.75 Å². The van der Waals surface area contributed by atoms with Crippen molar-refractivity contribution in [3.63, 3.8) is 0 Å². The van der Waals surface area contributed by atoms with Gasteiger partial charge in [0.05, 0.1) is 11.1 Å². The molecule has 1 aromatic rings. The molecule has 3 nitrogen and oxygen atoms in total. The molecule has 0 atom stereocenters. The number of nitrogens with two attached hydrogens (primary N) is 1. The van der Waals surface area contributed by atoms with Crippen molar-refractivity contribution < 1.29 is 4.74 Å². The zero-order valence-corrected chi connectivity index (χ0v) is 12.3. The molecule has 2 rings (SSSR count). The average Bonchev–Trinajstić information content (AvgIpc) is 2.41. The summed E-state index contributed by atoms with van der Waals surface area (Å²) in [6.07, 6.45) is 6.03. The largest absolute Gasteiger partial charge is 0.484 e. The van der Waals surface area contributed by atoms with E-state index >= 15 is 0 Å². The third kappa shape index (κ3) is 4.59. The Balaban J connectivity index is 1.90. The van der Waals surface area contributed by atoms with E-state index in [-0.39, 0.29) is 6.61 Å². The summed E-state index contributed by atoms with van der Waals surface area (Å²) in [5.74, 6) is 1.05. The first-order valence-corrected chi connectivity index (χ1v) is 7.31. The Hall–Kier alpha value is -0.930. The molecule has 0 saturated heterocycles. The Morgan fingerprint density at radius 2 is 2.00 bits per heavy atom. The second kappa shape index (κ2) is 7.01. The summed E-state index contributed by atoms with van der Waals surface area (Å²) in [5, 5.41) is 1.11. The van der Waals surface area contributed by atoms with Crippen LogP contribution in [0.25, 0.3) is 0 Å². The van der Waals surface area contributed by atoms with E-state index in [1.807, 2.05) is 0 Å². The molecule has 1 saturated carbocycles. The van der Waals surface area contributed by atoms with Gasteiger partial charge in [0.1, 0.15) is 18.2 Å². The van der Waals surface area contributed by atoms with E-state index in [0.29, 0.717) is 27.7 Å². The van der Waals surface area contributed by atoms with Crippen molar-refractivity contribution in [1.82, 2.24) is 0 Å². The monoisotopic (exact) mass is 300 g/mol. The smallest absolute Gasteiger partial charge is 0.145 e. The van der Waals surface area contributed by atoms with Crippen LogP contribution >= 0.6 is 23.2 Å². The Kier molecular flexibility index (Phi) is 5.34. The van der Waals surface area contributed by atoms with Crippen LogP contribution < -0.4 is 10.5 Å². The number of benzene rings is 1. The van der Waals surface area contributed by atoms with Gasteiger partial charge in [0.15, 0.2) is 0 Å². The van der Waals surface area contributed by atoms with Gasteiger partial charge < -0.3 is 10.5 Å². The average molecular weight is 301 g/mol. The summed E-state index contributed by atoms with van der Waals surface area (Å²) in [6.45, 7) is 0.247. The molecule has 0 unspecified atom stereocenters. The van der Waals surface area contributed by atoms with Crippen LogP contribution in [0.15, 0.2) is 23.2 Å². The molecule has 19 heavy (non-hydrogen) atoms. The summed E-state index contributed by atoms with van der Waals surface area (Å²) in [4.78, 5) is 4.50. The second-order valence-corrected chi connectivity index (χ2v) is 5.62. The highest BCUT2D eigenvalue weighted by molar-refractivity contribution is 6.34. The standard InChI is InChI=1S/C14H18Cl2N2O/c15-10-6-7-12(16)13(8-10)19-9-14(17)18-11-4-2-1-3-5-11/h6-8,11H,1-5,9H2,(H2,17,18). The van der Waals surface area contributed by atoms with Gasteiger partial charge in [-0.25, -0.2) is 0 Å². The molecule has 5 heteroatoms. The number of hydrogen-bond donors (Lipinski definition) is 1. The fourth-order valence-corrected chi connectivity index (χ4v) is 2.56. The zero-order chi connectivity index (χ0) is 13.7. The van der Waals surface area contributed by atoms with Crippen molar-refractivity contribution in [2.75, 3.05) is 6.61 Å². The van der Waals surface area contributed by atoms with E-state index in [9.17, 15) is 0 Å². The van der Waals surface area contributed by atoms with Crippen molar-refractivity contribution in [3.05, 3.63) is 28.2 Å². The summed E-state index contributed by atoms with van der Waals surface area (Å²) >= 11 is 11.9. The van der Waals surface area contributed by atoms with Gasteiger partial charge in [-0.2, -0.15) is 0 Å². The number of amidine groups is 1. The van der Waals surface area contributed by atoms with Crippen LogP contribution in [0.5, 0.6) is 5.75 Å². The minimum atomic E-state index is 0.247. The molecule has 2 N–H and O–H groups in total. The maximum Gasteiger partial charge on any atom is 0.145 e. The predicted octanol–water partition coefficient (Wildman–Crippen LogP) is 4.06. The number of nitrogens with zero attached hydrogens (tertiary/aromatic N) is 1. The summed E-state index contributed by atoms with van der Waals surface area (Å²) in [7, 11) is 0. The number of aliphatic imine (C=N–C) groups is 1. The minimum Gasteiger partial charge on any atom is -0.484 e. The minimum absolute atomic E-state index is 0.247. The molecule has 0 aromatic heterocycles. The third-order valence-corrected chi connectivity index (χ3v) is 3.74. The number of rotatable bonds is 4. The Labute approximate surface area is 123 Å². The first-order chi connectivity index (χ1) is 9.15. The quantitative estimate of drug-likeness (QED) is 0.673. The van der Waals surface area contributed by atoms with E-state index in [2.05, 4.69) is 4.99 Å². The van der Waals surface area contributed by atoms with E-state index < -0.39 is 0 Å². The normalized spacial score (nSPS) is 17.5. The van der Waals surface area contributed by atoms with Crippen LogP contribution in [0.3, 0.4) is 0 Å². The Morgan fingerprint density at radius 1 is 1.26 bits per heavy atom. The van der Waals surface area contributed by atoms with E-state index in [0.717, 1.165) is 12.8 Å². The molecule has 104 valence electrons. The van der Waals surface area contributed by atoms with Crippen molar-refractivity contribution in [1.29, 1.82) is 0 Å². The topological polar surface area (TPSA) is 47.6 Å². The lowest BCUT2D eigenvalue weighted by Crippen LogP contribution is -2.24. The van der Waals surface area contributed by atoms with Crippen LogP contribution in [0.4, 0.5) is 0 Å². The van der Waals surface area contributed by atoms with Crippen molar-refractivity contribution in [2.24, 2.45) is 10.7 Å². The van der Waals surface area contributed by atoms with Gasteiger partial charge in [-0.15, -0.1) is 0 Å². The zero-order valence-electron chi connectivity index (χ0n) is 10.7. The van der Waals surface area contributed by atoms with Gasteiger partial charge in [0.2, 0.25) is 0 Å². The van der Waals surface area contributed by atoms with E-state index in [4.69, 9.17) is 33.7 Å². The Morgan fingerprint density at radius 3 is 2.74 bits per heavy atom. The number of hydrogen-bond acceptors (Lipinski definition) is 2. The second-order valence-electron chi connectivity index (χ2n) is 4.78. The van der Waals surface area contributed by atoms with Gasteiger partial charge in [0.25, 0.3) is 0 Å². The fraction of sp³-hybridized carbons (Fsp3) is 0.500. The van der Waals surface area contributed by atoms with Crippen LogP contribution in [-0.4, -0.2) is 18.5 Å².